The van der Waals surface area contributed by atoms with Gasteiger partial charge in [-0.3, -0.25) is 4.79 Å². The molecule has 0 saturated carbocycles. The van der Waals surface area contributed by atoms with E-state index in [1.54, 1.807) is 37.3 Å². The number of hydrogen-bond acceptors (Lipinski definition) is 6. The minimum Gasteiger partial charge on any atom is -0.497 e. The molecule has 2 heterocycles. The molecule has 0 aliphatic carbocycles. The molecule has 144 valence electrons. The number of nitrogens with zero attached hydrogens (tertiary/aromatic N) is 3. The van der Waals surface area contributed by atoms with Crippen LogP contribution in [0, 0.1) is 6.92 Å². The fourth-order valence-corrected chi connectivity index (χ4v) is 3.42. The maximum absolute atomic E-state index is 12.7. The van der Waals surface area contributed by atoms with Gasteiger partial charge in [0.1, 0.15) is 11.5 Å². The maximum atomic E-state index is 12.7. The van der Waals surface area contributed by atoms with Crippen LogP contribution in [0.25, 0.3) is 11.4 Å². The molecular formula is C21H21N3O4. The minimum absolute atomic E-state index is 0.0214. The van der Waals surface area contributed by atoms with Crippen LogP contribution in [0.1, 0.15) is 23.8 Å². The van der Waals surface area contributed by atoms with Crippen LogP contribution in [0.4, 0.5) is 5.69 Å². The minimum atomic E-state index is -0.172. The Balaban J connectivity index is 1.59. The quantitative estimate of drug-likeness (QED) is 0.674. The molecule has 1 atom stereocenters. The zero-order chi connectivity index (χ0) is 19.7. The molecule has 0 bridgehead atoms. The van der Waals surface area contributed by atoms with E-state index in [0.29, 0.717) is 41.9 Å². The highest BCUT2D eigenvalue weighted by Crippen LogP contribution is 2.38. The van der Waals surface area contributed by atoms with Gasteiger partial charge in [-0.1, -0.05) is 28.9 Å². The monoisotopic (exact) mass is 379 g/mol. The number of rotatable bonds is 5. The first-order valence-electron chi connectivity index (χ1n) is 9.02. The lowest BCUT2D eigenvalue weighted by atomic mass is 10.1. The van der Waals surface area contributed by atoms with Gasteiger partial charge in [-0.25, -0.2) is 0 Å². The van der Waals surface area contributed by atoms with Crippen LogP contribution in [0.3, 0.4) is 0 Å². The fraction of sp³-hybridized carbons (Fsp3) is 0.286. The van der Waals surface area contributed by atoms with Crippen LogP contribution in [0.5, 0.6) is 11.5 Å². The maximum Gasteiger partial charge on any atom is 0.232 e. The number of carbonyl (C=O) groups excluding carboxylic acids is 1. The van der Waals surface area contributed by atoms with Crippen molar-refractivity contribution < 1.29 is 18.8 Å². The van der Waals surface area contributed by atoms with Crippen LogP contribution in [0.15, 0.2) is 47.0 Å². The van der Waals surface area contributed by atoms with Crippen LogP contribution in [-0.2, 0) is 4.79 Å². The number of methoxy groups -OCH3 is 2. The Kier molecular flexibility index (Phi) is 4.73. The van der Waals surface area contributed by atoms with E-state index < -0.39 is 0 Å². The molecular weight excluding hydrogens is 358 g/mol. The summed E-state index contributed by atoms with van der Waals surface area (Å²) in [7, 11) is 3.17. The predicted octanol–water partition coefficient (Wildman–Crippen LogP) is 3.58. The van der Waals surface area contributed by atoms with Crippen molar-refractivity contribution >= 4 is 11.6 Å². The Hall–Kier alpha value is -3.35. The average molecular weight is 379 g/mol. The van der Waals surface area contributed by atoms with E-state index in [4.69, 9.17) is 14.0 Å². The lowest BCUT2D eigenvalue weighted by Crippen LogP contribution is -2.24. The van der Waals surface area contributed by atoms with E-state index in [1.807, 2.05) is 31.2 Å². The summed E-state index contributed by atoms with van der Waals surface area (Å²) >= 11 is 0. The van der Waals surface area contributed by atoms with Gasteiger partial charge in [0.05, 0.1) is 25.8 Å². The van der Waals surface area contributed by atoms with Crippen LogP contribution in [0.2, 0.25) is 0 Å². The Morgan fingerprint density at radius 2 is 2.00 bits per heavy atom. The summed E-state index contributed by atoms with van der Waals surface area (Å²) in [5.74, 6) is 2.08. The SMILES string of the molecule is COc1ccc(OC)c(N2CC(c3nc(-c4cccc(C)c4)no3)CC2=O)c1. The van der Waals surface area contributed by atoms with E-state index in [0.717, 1.165) is 11.1 Å². The van der Waals surface area contributed by atoms with Crippen molar-refractivity contribution in [3.05, 3.63) is 53.9 Å². The van der Waals surface area contributed by atoms with Gasteiger partial charge >= 0.3 is 0 Å². The summed E-state index contributed by atoms with van der Waals surface area (Å²) in [6.45, 7) is 2.46. The largest absolute Gasteiger partial charge is 0.497 e. The molecule has 1 aliphatic heterocycles. The third kappa shape index (κ3) is 3.31. The van der Waals surface area contributed by atoms with Gasteiger partial charge in [0.25, 0.3) is 0 Å². The summed E-state index contributed by atoms with van der Waals surface area (Å²) in [6.07, 6.45) is 0.301. The summed E-state index contributed by atoms with van der Waals surface area (Å²) in [4.78, 5) is 18.9. The number of aromatic nitrogens is 2. The molecule has 28 heavy (non-hydrogen) atoms. The lowest BCUT2D eigenvalue weighted by molar-refractivity contribution is -0.117. The summed E-state index contributed by atoms with van der Waals surface area (Å²) < 4.78 is 16.2. The molecule has 0 radical (unpaired) electrons. The van der Waals surface area contributed by atoms with Gasteiger partial charge in [0, 0.05) is 24.6 Å². The molecule has 3 aromatic rings. The van der Waals surface area contributed by atoms with Gasteiger partial charge < -0.3 is 18.9 Å². The number of amides is 1. The van der Waals surface area contributed by atoms with Crippen molar-refractivity contribution in [1.29, 1.82) is 0 Å². The van der Waals surface area contributed by atoms with E-state index in [1.165, 1.54) is 0 Å². The van der Waals surface area contributed by atoms with Gasteiger partial charge in [-0.05, 0) is 25.1 Å². The first-order chi connectivity index (χ1) is 13.6. The first kappa shape index (κ1) is 18.0. The van der Waals surface area contributed by atoms with E-state index >= 15 is 0 Å². The standard InChI is InChI=1S/C21H21N3O4/c1-13-5-4-6-14(9-13)20-22-21(28-23-20)15-10-19(25)24(12-15)17-11-16(26-2)7-8-18(17)27-3/h4-9,11,15H,10,12H2,1-3H3. The van der Waals surface area contributed by atoms with Crippen LogP contribution < -0.4 is 14.4 Å². The molecule has 2 aromatic carbocycles. The van der Waals surface area contributed by atoms with Crippen molar-refractivity contribution in [2.75, 3.05) is 25.7 Å². The highest BCUT2D eigenvalue weighted by molar-refractivity contribution is 5.98. The van der Waals surface area contributed by atoms with Crippen molar-refractivity contribution in [3.8, 4) is 22.9 Å². The van der Waals surface area contributed by atoms with E-state index in [2.05, 4.69) is 10.1 Å². The van der Waals surface area contributed by atoms with Gasteiger partial charge in [0.15, 0.2) is 0 Å². The molecule has 7 heteroatoms. The first-order valence-corrected chi connectivity index (χ1v) is 9.02. The summed E-state index contributed by atoms with van der Waals surface area (Å²) in [6, 6.07) is 13.3. The molecule has 1 fully saturated rings. The lowest BCUT2D eigenvalue weighted by Gasteiger charge is -2.20. The molecule has 1 aromatic heterocycles. The van der Waals surface area contributed by atoms with Crippen molar-refractivity contribution in [2.45, 2.75) is 19.3 Å². The zero-order valence-electron chi connectivity index (χ0n) is 16.0. The molecule has 1 amide bonds. The zero-order valence-corrected chi connectivity index (χ0v) is 16.0. The third-order valence-corrected chi connectivity index (χ3v) is 4.87. The normalized spacial score (nSPS) is 16.5. The Bertz CT molecular complexity index is 1010. The predicted molar refractivity (Wildman–Crippen MR) is 104 cm³/mol. The average Bonchev–Trinajstić information content (AvgIpc) is 3.34. The molecule has 4 rings (SSSR count). The molecule has 0 spiro atoms. The van der Waals surface area contributed by atoms with Crippen LogP contribution >= 0.6 is 0 Å². The van der Waals surface area contributed by atoms with Crippen molar-refractivity contribution in [3.63, 3.8) is 0 Å². The number of ether oxygens (including phenoxy) is 2. The molecule has 1 unspecified atom stereocenters. The second-order valence-corrected chi connectivity index (χ2v) is 6.77. The van der Waals surface area contributed by atoms with E-state index in [-0.39, 0.29) is 11.8 Å². The summed E-state index contributed by atoms with van der Waals surface area (Å²) in [5, 5.41) is 4.10. The summed E-state index contributed by atoms with van der Waals surface area (Å²) in [5.41, 5.74) is 2.69. The van der Waals surface area contributed by atoms with Gasteiger partial charge in [-0.2, -0.15) is 4.98 Å². The molecule has 1 aliphatic rings. The number of benzene rings is 2. The number of hydrogen-bond donors (Lipinski definition) is 0. The third-order valence-electron chi connectivity index (χ3n) is 4.87. The number of anilines is 1. The Labute approximate surface area is 162 Å². The Morgan fingerprint density at radius 3 is 2.75 bits per heavy atom. The Morgan fingerprint density at radius 1 is 1.14 bits per heavy atom. The number of aryl methyl sites for hydroxylation is 1. The van der Waals surface area contributed by atoms with Gasteiger partial charge in [0.2, 0.25) is 17.6 Å². The van der Waals surface area contributed by atoms with Gasteiger partial charge in [-0.15, -0.1) is 0 Å². The topological polar surface area (TPSA) is 77.7 Å². The highest BCUT2D eigenvalue weighted by atomic mass is 16.5. The fourth-order valence-electron chi connectivity index (χ4n) is 3.42. The van der Waals surface area contributed by atoms with E-state index in [9.17, 15) is 4.79 Å². The van der Waals surface area contributed by atoms with Crippen molar-refractivity contribution in [1.82, 2.24) is 10.1 Å². The van der Waals surface area contributed by atoms with Crippen LogP contribution in [-0.4, -0.2) is 36.8 Å². The molecule has 0 N–H and O–H groups in total. The molecule has 1 saturated heterocycles. The van der Waals surface area contributed by atoms with Crippen molar-refractivity contribution in [2.24, 2.45) is 0 Å². The smallest absolute Gasteiger partial charge is 0.232 e. The second kappa shape index (κ2) is 7.34. The highest BCUT2D eigenvalue weighted by Gasteiger charge is 2.36. The molecule has 7 nitrogen and oxygen atoms in total. The second-order valence-electron chi connectivity index (χ2n) is 6.77. The number of carbonyl (C=O) groups is 1.